The fourth-order valence-electron chi connectivity index (χ4n) is 2.69. The molecule has 0 aromatic carbocycles. The van der Waals surface area contributed by atoms with Crippen LogP contribution in [0, 0.1) is 12.8 Å². The van der Waals surface area contributed by atoms with Crippen molar-refractivity contribution in [3.63, 3.8) is 0 Å². The number of amides is 1. The Kier molecular flexibility index (Phi) is 4.52. The molecule has 2 aromatic rings. The molecule has 1 atom stereocenters. The van der Waals surface area contributed by atoms with Crippen LogP contribution >= 0.6 is 0 Å². The molecule has 0 spiro atoms. The summed E-state index contributed by atoms with van der Waals surface area (Å²) in [5.41, 5.74) is -0.377. The lowest BCUT2D eigenvalue weighted by Gasteiger charge is -2.28. The van der Waals surface area contributed by atoms with Gasteiger partial charge in [-0.3, -0.25) is 9.59 Å². The van der Waals surface area contributed by atoms with E-state index in [1.807, 2.05) is 0 Å². The molecule has 3 heterocycles. The van der Waals surface area contributed by atoms with Crippen molar-refractivity contribution in [1.29, 1.82) is 0 Å². The van der Waals surface area contributed by atoms with Gasteiger partial charge in [0, 0.05) is 19.4 Å². The number of pyridine rings is 1. The third-order valence-corrected chi connectivity index (χ3v) is 3.90. The van der Waals surface area contributed by atoms with Crippen molar-refractivity contribution < 1.29 is 14.1 Å². The highest BCUT2D eigenvalue weighted by atomic mass is 16.5. The van der Waals surface area contributed by atoms with E-state index >= 15 is 0 Å². The van der Waals surface area contributed by atoms with Gasteiger partial charge in [0.05, 0.1) is 0 Å². The molecule has 2 N–H and O–H groups in total. The second-order valence-electron chi connectivity index (χ2n) is 5.49. The minimum Gasteiger partial charge on any atom is -0.381 e. The van der Waals surface area contributed by atoms with Crippen LogP contribution in [-0.4, -0.2) is 34.2 Å². The van der Waals surface area contributed by atoms with Gasteiger partial charge in [0.15, 0.2) is 5.82 Å². The van der Waals surface area contributed by atoms with Crippen LogP contribution in [0.3, 0.4) is 0 Å². The highest BCUT2D eigenvalue weighted by Crippen LogP contribution is 2.29. The van der Waals surface area contributed by atoms with Gasteiger partial charge in [0.1, 0.15) is 11.6 Å². The molecule has 3 rings (SSSR count). The first kappa shape index (κ1) is 15.4. The van der Waals surface area contributed by atoms with Gasteiger partial charge < -0.3 is 19.6 Å². The SMILES string of the molecule is Cc1noc([C@@H](NC(=O)c2ccc[nH]c2=O)C2CCOCC2)n1. The fourth-order valence-corrected chi connectivity index (χ4v) is 2.69. The molecular weight excluding hydrogens is 300 g/mol. The first-order chi connectivity index (χ1) is 11.1. The largest absolute Gasteiger partial charge is 0.381 e. The standard InChI is InChI=1S/C15H18N4O4/c1-9-17-15(23-19-9)12(10-4-7-22-8-5-10)18-14(21)11-3-2-6-16-13(11)20/h2-3,6,10,12H,4-5,7-8H2,1H3,(H,16,20)(H,18,21)/t12-/m0/s1. The number of carbonyl (C=O) groups is 1. The van der Waals surface area contributed by atoms with Gasteiger partial charge in [-0.25, -0.2) is 0 Å². The van der Waals surface area contributed by atoms with E-state index in [9.17, 15) is 9.59 Å². The predicted octanol–water partition coefficient (Wildman–Crippen LogP) is 0.964. The van der Waals surface area contributed by atoms with Gasteiger partial charge in [-0.2, -0.15) is 4.98 Å². The Hall–Kier alpha value is -2.48. The molecule has 1 aliphatic rings. The van der Waals surface area contributed by atoms with E-state index in [0.29, 0.717) is 24.9 Å². The second-order valence-corrected chi connectivity index (χ2v) is 5.49. The van der Waals surface area contributed by atoms with Gasteiger partial charge in [0.2, 0.25) is 5.89 Å². The fraction of sp³-hybridized carbons (Fsp3) is 0.467. The van der Waals surface area contributed by atoms with E-state index in [1.165, 1.54) is 12.3 Å². The van der Waals surface area contributed by atoms with Crippen molar-refractivity contribution in [3.05, 3.63) is 46.0 Å². The Morgan fingerprint density at radius 1 is 1.43 bits per heavy atom. The van der Waals surface area contributed by atoms with Crippen LogP contribution in [0.2, 0.25) is 0 Å². The second kappa shape index (κ2) is 6.74. The molecule has 8 heteroatoms. The number of aromatic nitrogens is 3. The summed E-state index contributed by atoms with van der Waals surface area (Å²) in [6.07, 6.45) is 3.03. The number of H-pyrrole nitrogens is 1. The van der Waals surface area contributed by atoms with Crippen molar-refractivity contribution >= 4 is 5.91 Å². The van der Waals surface area contributed by atoms with Crippen LogP contribution < -0.4 is 10.9 Å². The number of aromatic amines is 1. The van der Waals surface area contributed by atoms with E-state index in [1.54, 1.807) is 13.0 Å². The monoisotopic (exact) mass is 318 g/mol. The highest BCUT2D eigenvalue weighted by molar-refractivity contribution is 5.93. The zero-order valence-electron chi connectivity index (χ0n) is 12.7. The van der Waals surface area contributed by atoms with Crippen molar-refractivity contribution in [2.24, 2.45) is 5.92 Å². The van der Waals surface area contributed by atoms with Crippen LogP contribution in [0.25, 0.3) is 0 Å². The lowest BCUT2D eigenvalue weighted by molar-refractivity contribution is 0.0467. The highest BCUT2D eigenvalue weighted by Gasteiger charge is 2.31. The van der Waals surface area contributed by atoms with Crippen molar-refractivity contribution in [2.75, 3.05) is 13.2 Å². The molecule has 0 unspecified atom stereocenters. The van der Waals surface area contributed by atoms with Gasteiger partial charge >= 0.3 is 0 Å². The molecule has 0 radical (unpaired) electrons. The lowest BCUT2D eigenvalue weighted by atomic mass is 9.91. The number of rotatable bonds is 4. The average molecular weight is 318 g/mol. The summed E-state index contributed by atoms with van der Waals surface area (Å²) in [7, 11) is 0. The minimum atomic E-state index is -0.459. The first-order valence-corrected chi connectivity index (χ1v) is 7.51. The van der Waals surface area contributed by atoms with Gasteiger partial charge in [-0.15, -0.1) is 0 Å². The third-order valence-electron chi connectivity index (χ3n) is 3.90. The zero-order chi connectivity index (χ0) is 16.2. The summed E-state index contributed by atoms with van der Waals surface area (Å²) in [5, 5.41) is 6.66. The predicted molar refractivity (Wildman–Crippen MR) is 79.8 cm³/mol. The Balaban J connectivity index is 1.85. The molecule has 0 bridgehead atoms. The molecule has 8 nitrogen and oxygen atoms in total. The molecule has 1 amide bonds. The smallest absolute Gasteiger partial charge is 0.260 e. The van der Waals surface area contributed by atoms with E-state index < -0.39 is 17.5 Å². The topological polar surface area (TPSA) is 110 Å². The molecule has 122 valence electrons. The number of hydrogen-bond acceptors (Lipinski definition) is 6. The maximum absolute atomic E-state index is 12.4. The molecule has 23 heavy (non-hydrogen) atoms. The van der Waals surface area contributed by atoms with E-state index in [2.05, 4.69) is 20.4 Å². The molecule has 1 fully saturated rings. The van der Waals surface area contributed by atoms with Crippen LogP contribution in [0.4, 0.5) is 0 Å². The number of carbonyl (C=O) groups excluding carboxylic acids is 1. The molecule has 1 saturated heterocycles. The van der Waals surface area contributed by atoms with Crippen molar-refractivity contribution in [1.82, 2.24) is 20.4 Å². The van der Waals surface area contributed by atoms with Crippen molar-refractivity contribution in [2.45, 2.75) is 25.8 Å². The number of aryl methyl sites for hydroxylation is 1. The molecule has 0 aliphatic carbocycles. The average Bonchev–Trinajstić information content (AvgIpc) is 3.00. The number of hydrogen-bond donors (Lipinski definition) is 2. The summed E-state index contributed by atoms with van der Waals surface area (Å²) < 4.78 is 10.6. The van der Waals surface area contributed by atoms with Crippen LogP contribution in [0.5, 0.6) is 0 Å². The van der Waals surface area contributed by atoms with Crippen LogP contribution in [0.15, 0.2) is 27.6 Å². The van der Waals surface area contributed by atoms with Crippen LogP contribution in [0.1, 0.15) is 41.0 Å². The van der Waals surface area contributed by atoms with E-state index in [-0.39, 0.29) is 11.5 Å². The van der Waals surface area contributed by atoms with Crippen LogP contribution in [-0.2, 0) is 4.74 Å². The van der Waals surface area contributed by atoms with Crippen molar-refractivity contribution in [3.8, 4) is 0 Å². The normalized spacial score (nSPS) is 16.9. The van der Waals surface area contributed by atoms with E-state index in [4.69, 9.17) is 9.26 Å². The zero-order valence-corrected chi connectivity index (χ0v) is 12.7. The Morgan fingerprint density at radius 2 is 2.22 bits per heavy atom. The third kappa shape index (κ3) is 3.48. The summed E-state index contributed by atoms with van der Waals surface area (Å²) in [6.45, 7) is 2.96. The molecule has 0 saturated carbocycles. The van der Waals surface area contributed by atoms with E-state index in [0.717, 1.165) is 12.8 Å². The van der Waals surface area contributed by atoms with Gasteiger partial charge in [-0.1, -0.05) is 5.16 Å². The summed E-state index contributed by atoms with van der Waals surface area (Å²) in [4.78, 5) is 30.9. The maximum atomic E-state index is 12.4. The Morgan fingerprint density at radius 3 is 2.87 bits per heavy atom. The number of nitrogens with one attached hydrogen (secondary N) is 2. The summed E-state index contributed by atoms with van der Waals surface area (Å²) >= 11 is 0. The minimum absolute atomic E-state index is 0.0563. The quantitative estimate of drug-likeness (QED) is 0.869. The van der Waals surface area contributed by atoms with Gasteiger partial charge in [-0.05, 0) is 37.8 Å². The molecule has 2 aromatic heterocycles. The number of nitrogens with zero attached hydrogens (tertiary/aromatic N) is 2. The summed E-state index contributed by atoms with van der Waals surface area (Å²) in [5.74, 6) is 0.522. The maximum Gasteiger partial charge on any atom is 0.260 e. The molecule has 1 aliphatic heterocycles. The Bertz CT molecular complexity index is 733. The molecular formula is C15H18N4O4. The lowest BCUT2D eigenvalue weighted by Crippen LogP contribution is -2.38. The van der Waals surface area contributed by atoms with Gasteiger partial charge in [0.25, 0.3) is 11.5 Å². The first-order valence-electron chi connectivity index (χ1n) is 7.51. The summed E-state index contributed by atoms with van der Waals surface area (Å²) in [6, 6.07) is 2.65. The Labute approximate surface area is 132 Å². The number of ether oxygens (including phenoxy) is 1.